The van der Waals surface area contributed by atoms with Crippen LogP contribution in [-0.2, 0) is 39.9 Å². The van der Waals surface area contributed by atoms with Crippen molar-refractivity contribution in [1.82, 2.24) is 5.32 Å². The topological polar surface area (TPSA) is 130 Å². The van der Waals surface area contributed by atoms with Crippen LogP contribution in [0.15, 0.2) is 96.0 Å². The number of amides is 1. The molecule has 1 N–H and O–H groups in total. The van der Waals surface area contributed by atoms with Crippen molar-refractivity contribution in [1.29, 1.82) is 0 Å². The lowest BCUT2D eigenvalue weighted by Crippen LogP contribution is -2.47. The summed E-state index contributed by atoms with van der Waals surface area (Å²) in [6.07, 6.45) is -2.90. The van der Waals surface area contributed by atoms with Crippen molar-refractivity contribution >= 4 is 29.7 Å². The number of methoxy groups -OCH3 is 1. The Kier molecular flexibility index (Phi) is 12.9. The van der Waals surface area contributed by atoms with E-state index in [9.17, 15) is 19.2 Å². The Bertz CT molecular complexity index is 1320. The number of esters is 3. The number of rotatable bonds is 14. The zero-order valence-electron chi connectivity index (χ0n) is 24.4. The van der Waals surface area contributed by atoms with Gasteiger partial charge in [0, 0.05) is 31.5 Å². The van der Waals surface area contributed by atoms with Crippen LogP contribution in [0.4, 0.5) is 4.79 Å². The molecule has 0 fully saturated rings. The highest BCUT2D eigenvalue weighted by Gasteiger charge is 2.40. The van der Waals surface area contributed by atoms with Crippen LogP contribution in [0, 0.1) is 0 Å². The first-order chi connectivity index (χ1) is 20.8. The van der Waals surface area contributed by atoms with Crippen molar-refractivity contribution in [3.8, 4) is 0 Å². The monoisotopic (exact) mass is 588 g/mol. The number of carbonyl (C=O) groups excluding carboxylic acids is 4. The number of nitrogens with zero attached hydrogens (tertiary/aromatic N) is 1. The van der Waals surface area contributed by atoms with Crippen LogP contribution in [0.3, 0.4) is 0 Å². The van der Waals surface area contributed by atoms with Gasteiger partial charge in [0.2, 0.25) is 6.10 Å². The number of alkyl carbamates (subject to hydrolysis) is 1. The van der Waals surface area contributed by atoms with Gasteiger partial charge in [0.1, 0.15) is 6.61 Å². The second-order valence-electron chi connectivity index (χ2n) is 9.54. The number of hydrogen-bond donors (Lipinski definition) is 1. The minimum atomic E-state index is -1.57. The van der Waals surface area contributed by atoms with E-state index in [2.05, 4.69) is 5.32 Å². The Morgan fingerprint density at radius 2 is 1.30 bits per heavy atom. The number of hydrogen-bond acceptors (Lipinski definition) is 9. The molecule has 0 bridgehead atoms. The molecule has 0 saturated carbocycles. The molecular formula is C33H36N2O8. The van der Waals surface area contributed by atoms with Gasteiger partial charge in [-0.2, -0.15) is 0 Å². The summed E-state index contributed by atoms with van der Waals surface area (Å²) >= 11 is 0. The fourth-order valence-electron chi connectivity index (χ4n) is 4.33. The predicted octanol–water partition coefficient (Wildman–Crippen LogP) is 4.64. The molecule has 3 atom stereocenters. The van der Waals surface area contributed by atoms with Crippen LogP contribution >= 0.6 is 0 Å². The Balaban J connectivity index is 1.92. The summed E-state index contributed by atoms with van der Waals surface area (Å²) < 4.78 is 21.1. The van der Waals surface area contributed by atoms with Crippen LogP contribution in [0.5, 0.6) is 0 Å². The van der Waals surface area contributed by atoms with E-state index in [0.717, 1.165) is 30.7 Å². The molecular weight excluding hydrogens is 552 g/mol. The van der Waals surface area contributed by atoms with Crippen molar-refractivity contribution in [3.63, 3.8) is 0 Å². The summed E-state index contributed by atoms with van der Waals surface area (Å²) in [6.45, 7) is 2.66. The Labute approximate surface area is 251 Å². The van der Waals surface area contributed by atoms with Gasteiger partial charge in [-0.25, -0.2) is 9.59 Å². The van der Waals surface area contributed by atoms with Crippen LogP contribution in [0.2, 0.25) is 0 Å². The number of benzene rings is 3. The standard InChI is InChI=1S/C33H36N2O8/c1-23(36)42-30(31(32(38)40-3)43-24(2)37)28(20-13-21-34-33(39)41-22-25-14-7-4-8-15-25)35-29(26-16-9-5-10-17-26)27-18-11-6-12-19-27/h4-12,14-19,28,30-31H,13,20-22H2,1-3H3,(H,34,39)/t28-,30+,31+/m0/s1. The zero-order chi connectivity index (χ0) is 31.0. The van der Waals surface area contributed by atoms with Gasteiger partial charge < -0.3 is 24.3 Å². The third-order valence-corrected chi connectivity index (χ3v) is 6.25. The van der Waals surface area contributed by atoms with E-state index in [1.807, 2.05) is 91.0 Å². The molecule has 0 radical (unpaired) electrons. The first-order valence-electron chi connectivity index (χ1n) is 13.8. The molecule has 0 unspecified atom stereocenters. The molecule has 0 aromatic heterocycles. The van der Waals surface area contributed by atoms with Gasteiger partial charge in [-0.3, -0.25) is 14.6 Å². The minimum absolute atomic E-state index is 0.120. The Hall–Kier alpha value is -4.99. The largest absolute Gasteiger partial charge is 0.466 e. The number of nitrogens with one attached hydrogen (secondary N) is 1. The lowest BCUT2D eigenvalue weighted by atomic mass is 9.97. The smallest absolute Gasteiger partial charge is 0.407 e. The van der Waals surface area contributed by atoms with E-state index < -0.39 is 42.3 Å². The second kappa shape index (κ2) is 17.1. The zero-order valence-corrected chi connectivity index (χ0v) is 24.4. The van der Waals surface area contributed by atoms with Crippen LogP contribution < -0.4 is 5.32 Å². The molecule has 0 saturated heterocycles. The second-order valence-corrected chi connectivity index (χ2v) is 9.54. The molecule has 0 aliphatic rings. The fourth-order valence-corrected chi connectivity index (χ4v) is 4.33. The minimum Gasteiger partial charge on any atom is -0.466 e. The summed E-state index contributed by atoms with van der Waals surface area (Å²) in [5, 5.41) is 2.71. The van der Waals surface area contributed by atoms with Crippen molar-refractivity contribution in [3.05, 3.63) is 108 Å². The van der Waals surface area contributed by atoms with Crippen molar-refractivity contribution in [2.24, 2.45) is 4.99 Å². The van der Waals surface area contributed by atoms with Gasteiger partial charge in [0.05, 0.1) is 18.9 Å². The third-order valence-electron chi connectivity index (χ3n) is 6.25. The van der Waals surface area contributed by atoms with Gasteiger partial charge in [0.15, 0.2) is 6.10 Å². The quantitative estimate of drug-likeness (QED) is 0.125. The molecule has 3 aromatic carbocycles. The molecule has 1 amide bonds. The summed E-state index contributed by atoms with van der Waals surface area (Å²) in [5.74, 6) is -2.36. The average molecular weight is 589 g/mol. The van der Waals surface area contributed by atoms with Gasteiger partial charge >= 0.3 is 24.0 Å². The summed E-state index contributed by atoms with van der Waals surface area (Å²) in [6, 6.07) is 27.2. The van der Waals surface area contributed by atoms with E-state index >= 15 is 0 Å². The molecule has 0 heterocycles. The van der Waals surface area contributed by atoms with Crippen molar-refractivity contribution < 1.29 is 38.1 Å². The highest BCUT2D eigenvalue weighted by atomic mass is 16.6. The predicted molar refractivity (Wildman–Crippen MR) is 159 cm³/mol. The number of aliphatic imine (C=N–C) groups is 1. The van der Waals surface area contributed by atoms with Crippen LogP contribution in [0.25, 0.3) is 0 Å². The van der Waals surface area contributed by atoms with Gasteiger partial charge in [-0.15, -0.1) is 0 Å². The van der Waals surface area contributed by atoms with E-state index in [1.54, 1.807) is 0 Å². The highest BCUT2D eigenvalue weighted by molar-refractivity contribution is 6.13. The number of carbonyl (C=O) groups is 4. The molecule has 10 nitrogen and oxygen atoms in total. The molecule has 3 aromatic rings. The molecule has 0 spiro atoms. The highest BCUT2D eigenvalue weighted by Crippen LogP contribution is 2.22. The number of ether oxygens (including phenoxy) is 4. The molecule has 226 valence electrons. The summed E-state index contributed by atoms with van der Waals surface area (Å²) in [4.78, 5) is 54.3. The maximum Gasteiger partial charge on any atom is 0.407 e. The molecule has 0 aliphatic carbocycles. The van der Waals surface area contributed by atoms with E-state index in [-0.39, 0.29) is 19.6 Å². The first-order valence-corrected chi connectivity index (χ1v) is 13.8. The lowest BCUT2D eigenvalue weighted by Gasteiger charge is -2.30. The summed E-state index contributed by atoms with van der Waals surface area (Å²) in [7, 11) is 1.15. The molecule has 0 aliphatic heterocycles. The van der Waals surface area contributed by atoms with Gasteiger partial charge in [-0.05, 0) is 18.4 Å². The SMILES string of the molecule is COC(=O)[C@H](OC(C)=O)[C@H](OC(C)=O)[C@H](CCCNC(=O)OCc1ccccc1)N=C(c1ccccc1)c1ccccc1. The Morgan fingerprint density at radius 3 is 1.81 bits per heavy atom. The van der Waals surface area contributed by atoms with Crippen molar-refractivity contribution in [2.45, 2.75) is 51.5 Å². The molecule has 43 heavy (non-hydrogen) atoms. The normalized spacial score (nSPS) is 12.5. The van der Waals surface area contributed by atoms with Crippen LogP contribution in [-0.4, -0.2) is 61.6 Å². The van der Waals surface area contributed by atoms with E-state index in [4.69, 9.17) is 23.9 Å². The Morgan fingerprint density at radius 1 is 0.767 bits per heavy atom. The van der Waals surface area contributed by atoms with E-state index in [1.165, 1.54) is 6.92 Å². The summed E-state index contributed by atoms with van der Waals surface area (Å²) in [5.41, 5.74) is 2.99. The third kappa shape index (κ3) is 10.7. The van der Waals surface area contributed by atoms with Crippen molar-refractivity contribution in [2.75, 3.05) is 13.7 Å². The first kappa shape index (κ1) is 32.5. The molecule has 10 heteroatoms. The van der Waals surface area contributed by atoms with Crippen LogP contribution in [0.1, 0.15) is 43.4 Å². The molecule has 3 rings (SSSR count). The maximum atomic E-state index is 12.8. The lowest BCUT2D eigenvalue weighted by molar-refractivity contribution is -0.180. The fraction of sp³-hybridized carbons (Fsp3) is 0.303. The van der Waals surface area contributed by atoms with E-state index in [0.29, 0.717) is 12.1 Å². The average Bonchev–Trinajstić information content (AvgIpc) is 3.02. The van der Waals surface area contributed by atoms with Gasteiger partial charge in [-0.1, -0.05) is 91.0 Å². The maximum absolute atomic E-state index is 12.8. The van der Waals surface area contributed by atoms with Gasteiger partial charge in [0.25, 0.3) is 0 Å².